The van der Waals surface area contributed by atoms with Crippen molar-refractivity contribution in [3.63, 3.8) is 0 Å². The lowest BCUT2D eigenvalue weighted by Gasteiger charge is -2.08. The smallest absolute Gasteiger partial charge is 0.292 e. The van der Waals surface area contributed by atoms with Crippen LogP contribution in [0.1, 0.15) is 26.5 Å². The van der Waals surface area contributed by atoms with Crippen LogP contribution in [-0.4, -0.2) is 44.2 Å². The van der Waals surface area contributed by atoms with E-state index in [0.29, 0.717) is 0 Å². The van der Waals surface area contributed by atoms with Crippen molar-refractivity contribution in [2.75, 3.05) is 12.8 Å². The molecule has 140 valence electrons. The molecule has 27 heavy (non-hydrogen) atoms. The van der Waals surface area contributed by atoms with Crippen LogP contribution in [0.2, 0.25) is 0 Å². The van der Waals surface area contributed by atoms with Crippen molar-refractivity contribution < 1.29 is 23.3 Å². The van der Waals surface area contributed by atoms with Crippen LogP contribution in [0.3, 0.4) is 0 Å². The van der Waals surface area contributed by atoms with Crippen molar-refractivity contribution in [2.45, 2.75) is 6.61 Å². The molecule has 0 saturated heterocycles. The van der Waals surface area contributed by atoms with Gasteiger partial charge in [0.25, 0.3) is 11.8 Å². The largest absolute Gasteiger partial charge is 0.378 e. The summed E-state index contributed by atoms with van der Waals surface area (Å²) in [6.45, 7) is -0.0800. The summed E-state index contributed by atoms with van der Waals surface area (Å²) in [7, 11) is 1.39. The molecule has 2 amide bonds. The highest BCUT2D eigenvalue weighted by molar-refractivity contribution is 5.98. The highest BCUT2D eigenvalue weighted by Crippen LogP contribution is 2.16. The van der Waals surface area contributed by atoms with Crippen LogP contribution < -0.4 is 16.6 Å². The molecule has 2 heterocycles. The maximum Gasteiger partial charge on any atom is 0.292 e. The van der Waals surface area contributed by atoms with E-state index in [1.165, 1.54) is 25.3 Å². The summed E-state index contributed by atoms with van der Waals surface area (Å²) in [6.07, 6.45) is 0. The molecule has 0 radical (unpaired) electrons. The van der Waals surface area contributed by atoms with E-state index in [9.17, 15) is 14.0 Å². The van der Waals surface area contributed by atoms with Gasteiger partial charge in [0.15, 0.2) is 5.69 Å². The fraction of sp³-hybridized carbons (Fsp3) is 0.143. The minimum atomic E-state index is -0.841. The molecule has 0 aliphatic rings. The van der Waals surface area contributed by atoms with E-state index < -0.39 is 17.6 Å². The lowest BCUT2D eigenvalue weighted by Crippen LogP contribution is -2.42. The van der Waals surface area contributed by atoms with E-state index in [1.54, 1.807) is 0 Å². The lowest BCUT2D eigenvalue weighted by molar-refractivity contribution is 0.0839. The fourth-order valence-electron chi connectivity index (χ4n) is 2.14. The number of hydrogen-bond acceptors (Lipinski definition) is 9. The fourth-order valence-corrected chi connectivity index (χ4v) is 2.14. The number of nitrogens with one attached hydrogen (secondary N) is 2. The van der Waals surface area contributed by atoms with Gasteiger partial charge in [-0.25, -0.2) is 9.02 Å². The SMILES string of the molecule is COCc1c(C(=O)NNC(=O)c2ccccc2F)nnn1-c1nonc1N. The number of methoxy groups -OCH3 is 1. The number of hydrazine groups is 1. The molecule has 0 atom stereocenters. The molecule has 4 N–H and O–H groups in total. The average Bonchev–Trinajstić information content (AvgIpc) is 3.26. The van der Waals surface area contributed by atoms with Gasteiger partial charge in [0, 0.05) is 7.11 Å². The second-order valence-electron chi connectivity index (χ2n) is 5.09. The summed E-state index contributed by atoms with van der Waals surface area (Å²) in [5.74, 6) is -2.44. The zero-order chi connectivity index (χ0) is 19.4. The number of benzene rings is 1. The second-order valence-corrected chi connectivity index (χ2v) is 5.09. The Labute approximate surface area is 150 Å². The molecule has 13 heteroatoms. The average molecular weight is 376 g/mol. The van der Waals surface area contributed by atoms with Crippen LogP contribution in [0.25, 0.3) is 5.82 Å². The summed E-state index contributed by atoms with van der Waals surface area (Å²) < 4.78 is 24.2. The molecular weight excluding hydrogens is 363 g/mol. The van der Waals surface area contributed by atoms with Crippen LogP contribution in [-0.2, 0) is 11.3 Å². The van der Waals surface area contributed by atoms with Crippen LogP contribution >= 0.6 is 0 Å². The standard InChI is InChI=1S/C14H13FN8O4/c1-26-6-9-10(17-22-23(9)12-11(16)20-27-21-12)14(25)19-18-13(24)7-4-2-3-5-8(7)15/h2-5H,6H2,1H3,(H2,16,20)(H,18,24)(H,19,25). The second kappa shape index (κ2) is 7.57. The topological polar surface area (TPSA) is 163 Å². The highest BCUT2D eigenvalue weighted by Gasteiger charge is 2.24. The molecule has 1 aromatic carbocycles. The maximum absolute atomic E-state index is 13.6. The van der Waals surface area contributed by atoms with Crippen LogP contribution in [0.15, 0.2) is 28.9 Å². The van der Waals surface area contributed by atoms with Crippen molar-refractivity contribution in [2.24, 2.45) is 0 Å². The number of ether oxygens (including phenoxy) is 1. The Kier molecular flexibility index (Phi) is 5.03. The van der Waals surface area contributed by atoms with E-state index in [0.717, 1.165) is 10.7 Å². The third-order valence-corrected chi connectivity index (χ3v) is 3.36. The summed E-state index contributed by atoms with van der Waals surface area (Å²) >= 11 is 0. The third kappa shape index (κ3) is 3.57. The molecule has 0 aliphatic heterocycles. The first-order chi connectivity index (χ1) is 13.0. The van der Waals surface area contributed by atoms with E-state index in [4.69, 9.17) is 10.5 Å². The van der Waals surface area contributed by atoms with Crippen molar-refractivity contribution in [1.29, 1.82) is 0 Å². The zero-order valence-corrected chi connectivity index (χ0v) is 13.8. The van der Waals surface area contributed by atoms with E-state index in [-0.39, 0.29) is 35.2 Å². The normalized spacial score (nSPS) is 10.6. The molecule has 0 aliphatic carbocycles. The first kappa shape index (κ1) is 17.9. The third-order valence-electron chi connectivity index (χ3n) is 3.36. The zero-order valence-electron chi connectivity index (χ0n) is 13.8. The molecule has 0 unspecified atom stereocenters. The summed E-state index contributed by atoms with van der Waals surface area (Å²) in [5, 5.41) is 14.5. The van der Waals surface area contributed by atoms with Crippen molar-refractivity contribution >= 4 is 17.6 Å². The molecule has 3 rings (SSSR count). The number of nitrogens with two attached hydrogens (primary N) is 1. The van der Waals surface area contributed by atoms with Crippen LogP contribution in [0.5, 0.6) is 0 Å². The number of anilines is 1. The van der Waals surface area contributed by atoms with E-state index in [1.807, 2.05) is 0 Å². The molecule has 0 spiro atoms. The van der Waals surface area contributed by atoms with Gasteiger partial charge in [0.2, 0.25) is 11.6 Å². The van der Waals surface area contributed by atoms with Gasteiger partial charge in [0.1, 0.15) is 11.5 Å². The predicted molar refractivity (Wildman–Crippen MR) is 85.7 cm³/mol. The Balaban J connectivity index is 1.79. The molecule has 3 aromatic rings. The molecular formula is C14H13FN8O4. The van der Waals surface area contributed by atoms with Gasteiger partial charge in [-0.1, -0.05) is 17.3 Å². The molecule has 2 aromatic heterocycles. The number of nitrogens with zero attached hydrogens (tertiary/aromatic N) is 5. The number of aromatic nitrogens is 5. The van der Waals surface area contributed by atoms with Crippen LogP contribution in [0, 0.1) is 5.82 Å². The number of nitrogen functional groups attached to an aromatic ring is 1. The van der Waals surface area contributed by atoms with Gasteiger partial charge in [0.05, 0.1) is 12.2 Å². The predicted octanol–water partition coefficient (Wildman–Crippen LogP) is -0.407. The number of hydrogen-bond donors (Lipinski definition) is 3. The molecule has 0 bridgehead atoms. The van der Waals surface area contributed by atoms with Gasteiger partial charge in [-0.2, -0.15) is 4.68 Å². The minimum Gasteiger partial charge on any atom is -0.378 e. The number of carbonyl (C=O) groups is 2. The van der Waals surface area contributed by atoms with E-state index in [2.05, 4.69) is 36.1 Å². The maximum atomic E-state index is 13.6. The Bertz CT molecular complexity index is 985. The van der Waals surface area contributed by atoms with Gasteiger partial charge in [-0.05, 0) is 22.4 Å². The molecule has 0 fully saturated rings. The summed E-state index contributed by atoms with van der Waals surface area (Å²) in [4.78, 5) is 24.3. The van der Waals surface area contributed by atoms with Crippen molar-refractivity contribution in [3.05, 3.63) is 47.0 Å². The van der Waals surface area contributed by atoms with Crippen molar-refractivity contribution in [1.82, 2.24) is 36.2 Å². The number of carbonyl (C=O) groups excluding carboxylic acids is 2. The Hall–Kier alpha value is -3.87. The Morgan fingerprint density at radius 3 is 2.67 bits per heavy atom. The summed E-state index contributed by atoms with van der Waals surface area (Å²) in [6, 6.07) is 5.31. The highest BCUT2D eigenvalue weighted by atomic mass is 19.1. The number of rotatable bonds is 5. The minimum absolute atomic E-state index is 0.0176. The van der Waals surface area contributed by atoms with Gasteiger partial charge in [-0.15, -0.1) is 5.10 Å². The van der Waals surface area contributed by atoms with Crippen molar-refractivity contribution in [3.8, 4) is 5.82 Å². The summed E-state index contributed by atoms with van der Waals surface area (Å²) in [5.41, 5.74) is 9.60. The molecule has 12 nitrogen and oxygen atoms in total. The van der Waals surface area contributed by atoms with Crippen LogP contribution in [0.4, 0.5) is 10.2 Å². The first-order valence-electron chi connectivity index (χ1n) is 7.40. The van der Waals surface area contributed by atoms with Gasteiger partial charge < -0.3 is 10.5 Å². The number of halogens is 1. The van der Waals surface area contributed by atoms with E-state index >= 15 is 0 Å². The first-order valence-corrected chi connectivity index (χ1v) is 7.40. The monoisotopic (exact) mass is 376 g/mol. The van der Waals surface area contributed by atoms with Gasteiger partial charge in [-0.3, -0.25) is 20.4 Å². The molecule has 0 saturated carbocycles. The van der Waals surface area contributed by atoms with Gasteiger partial charge >= 0.3 is 0 Å². The quantitative estimate of drug-likeness (QED) is 0.502. The lowest BCUT2D eigenvalue weighted by atomic mass is 10.2. The Morgan fingerprint density at radius 2 is 2.00 bits per heavy atom. The Morgan fingerprint density at radius 1 is 1.26 bits per heavy atom. The number of amides is 2.